The minimum Gasteiger partial charge on any atom is -0.372 e. The van der Waals surface area contributed by atoms with Crippen molar-refractivity contribution in [2.75, 3.05) is 18.4 Å². The van der Waals surface area contributed by atoms with E-state index in [1.165, 1.54) is 11.4 Å². The molecule has 5 nitrogen and oxygen atoms in total. The minimum atomic E-state index is -0.152. The highest BCUT2D eigenvalue weighted by Crippen LogP contribution is 2.43. The maximum absolute atomic E-state index is 13.3. The summed E-state index contributed by atoms with van der Waals surface area (Å²) in [4.78, 5) is 19.7. The predicted molar refractivity (Wildman–Crippen MR) is 118 cm³/mol. The van der Waals surface area contributed by atoms with E-state index >= 15 is 0 Å². The second kappa shape index (κ2) is 6.46. The third-order valence-electron chi connectivity index (χ3n) is 6.56. The van der Waals surface area contributed by atoms with Gasteiger partial charge in [-0.05, 0) is 48.6 Å². The number of likely N-dealkylation sites (tertiary alicyclic amines) is 1. The Morgan fingerprint density at radius 3 is 2.63 bits per heavy atom. The average Bonchev–Trinajstić information content (AvgIpc) is 3.30. The molecule has 4 aromatic rings. The van der Waals surface area contributed by atoms with Gasteiger partial charge in [0.05, 0.1) is 16.9 Å². The fourth-order valence-electron chi connectivity index (χ4n) is 5.00. The number of amides is 1. The van der Waals surface area contributed by atoms with Gasteiger partial charge in [0.2, 0.25) is 0 Å². The standard InChI is InChI=1S/C25H22N4O/c30-24(23-19-7-2-1-6-18(19)11-14-26-23)28-16-12-25(13-17-28)22-10-5-15-29(22)21-9-4-3-8-20(21)27-25/h1-11,14-15,27H,12-13,16-17H2. The molecule has 2 aliphatic heterocycles. The maximum atomic E-state index is 13.3. The van der Waals surface area contributed by atoms with E-state index in [1.54, 1.807) is 6.20 Å². The van der Waals surface area contributed by atoms with Crippen molar-refractivity contribution in [3.63, 3.8) is 0 Å². The smallest absolute Gasteiger partial charge is 0.273 e. The van der Waals surface area contributed by atoms with Gasteiger partial charge in [0, 0.05) is 36.6 Å². The van der Waals surface area contributed by atoms with Crippen LogP contribution in [-0.4, -0.2) is 33.4 Å². The predicted octanol–water partition coefficient (Wildman–Crippen LogP) is 4.58. The second-order valence-corrected chi connectivity index (χ2v) is 8.16. The largest absolute Gasteiger partial charge is 0.372 e. The van der Waals surface area contributed by atoms with E-state index in [1.807, 2.05) is 35.2 Å². The van der Waals surface area contributed by atoms with Crippen LogP contribution < -0.4 is 5.32 Å². The molecule has 0 bridgehead atoms. The lowest BCUT2D eigenvalue weighted by molar-refractivity contribution is 0.0673. The van der Waals surface area contributed by atoms with Gasteiger partial charge in [-0.1, -0.05) is 36.4 Å². The molecule has 1 spiro atoms. The van der Waals surface area contributed by atoms with Crippen molar-refractivity contribution in [2.24, 2.45) is 0 Å². The van der Waals surface area contributed by atoms with Gasteiger partial charge in [0.1, 0.15) is 5.69 Å². The Labute approximate surface area is 175 Å². The summed E-state index contributed by atoms with van der Waals surface area (Å²) in [6, 6.07) is 22.6. The van der Waals surface area contributed by atoms with Crippen molar-refractivity contribution in [1.82, 2.24) is 14.5 Å². The number of pyridine rings is 1. The average molecular weight is 394 g/mol. The molecule has 1 saturated heterocycles. The number of carbonyl (C=O) groups is 1. The Bertz CT molecular complexity index is 1260. The first-order valence-electron chi connectivity index (χ1n) is 10.4. The van der Waals surface area contributed by atoms with Gasteiger partial charge in [-0.3, -0.25) is 9.78 Å². The Hall–Kier alpha value is -3.60. The molecule has 4 heterocycles. The summed E-state index contributed by atoms with van der Waals surface area (Å²) in [5, 5.41) is 5.78. The van der Waals surface area contributed by atoms with Crippen LogP contribution in [0.3, 0.4) is 0 Å². The Morgan fingerprint density at radius 1 is 0.933 bits per heavy atom. The van der Waals surface area contributed by atoms with Crippen molar-refractivity contribution >= 4 is 22.4 Å². The van der Waals surface area contributed by atoms with E-state index < -0.39 is 0 Å². The van der Waals surface area contributed by atoms with E-state index in [0.717, 1.165) is 29.3 Å². The lowest BCUT2D eigenvalue weighted by Gasteiger charge is -2.46. The summed E-state index contributed by atoms with van der Waals surface area (Å²) in [7, 11) is 0. The summed E-state index contributed by atoms with van der Waals surface area (Å²) in [5.74, 6) is 0.0215. The minimum absolute atomic E-state index is 0.0215. The summed E-state index contributed by atoms with van der Waals surface area (Å²) in [5.41, 5.74) is 4.00. The van der Waals surface area contributed by atoms with Crippen LogP contribution in [0.1, 0.15) is 29.0 Å². The fourth-order valence-corrected chi connectivity index (χ4v) is 5.00. The van der Waals surface area contributed by atoms with E-state index in [9.17, 15) is 4.79 Å². The van der Waals surface area contributed by atoms with Crippen LogP contribution in [0.15, 0.2) is 79.1 Å². The summed E-state index contributed by atoms with van der Waals surface area (Å²) >= 11 is 0. The molecule has 1 amide bonds. The highest BCUT2D eigenvalue weighted by molar-refractivity contribution is 6.05. The Kier molecular flexibility index (Phi) is 3.72. The maximum Gasteiger partial charge on any atom is 0.273 e. The number of hydrogen-bond acceptors (Lipinski definition) is 3. The van der Waals surface area contributed by atoms with Gasteiger partial charge in [0.25, 0.3) is 5.91 Å². The first kappa shape index (κ1) is 17.3. The molecule has 1 fully saturated rings. The molecule has 2 aromatic heterocycles. The molecule has 0 radical (unpaired) electrons. The van der Waals surface area contributed by atoms with E-state index in [-0.39, 0.29) is 11.4 Å². The number of carbonyl (C=O) groups excluding carboxylic acids is 1. The van der Waals surface area contributed by atoms with E-state index in [2.05, 4.69) is 57.5 Å². The monoisotopic (exact) mass is 394 g/mol. The number of nitrogens with one attached hydrogen (secondary N) is 1. The van der Waals surface area contributed by atoms with Gasteiger partial charge in [0.15, 0.2) is 0 Å². The third-order valence-corrected chi connectivity index (χ3v) is 6.56. The van der Waals surface area contributed by atoms with Crippen LogP contribution in [0.2, 0.25) is 0 Å². The molecule has 0 atom stereocenters. The molecule has 5 heteroatoms. The molecular weight excluding hydrogens is 372 g/mol. The second-order valence-electron chi connectivity index (χ2n) is 8.16. The van der Waals surface area contributed by atoms with E-state index in [0.29, 0.717) is 18.8 Å². The van der Waals surface area contributed by atoms with Crippen LogP contribution in [0, 0.1) is 0 Å². The van der Waals surface area contributed by atoms with Crippen molar-refractivity contribution < 1.29 is 4.79 Å². The van der Waals surface area contributed by atoms with E-state index in [4.69, 9.17) is 0 Å². The zero-order valence-corrected chi connectivity index (χ0v) is 16.6. The van der Waals surface area contributed by atoms with Crippen LogP contribution in [-0.2, 0) is 5.54 Å². The topological polar surface area (TPSA) is 50.2 Å². The molecule has 6 rings (SSSR count). The summed E-state index contributed by atoms with van der Waals surface area (Å²) < 4.78 is 2.29. The molecule has 1 N–H and O–H groups in total. The number of aromatic nitrogens is 2. The van der Waals surface area contributed by atoms with Crippen LogP contribution in [0.4, 0.5) is 5.69 Å². The fraction of sp³-hybridized carbons (Fsp3) is 0.200. The van der Waals surface area contributed by atoms with Crippen molar-refractivity contribution in [3.05, 3.63) is 90.5 Å². The first-order chi connectivity index (χ1) is 14.8. The molecule has 2 aliphatic rings. The van der Waals surface area contributed by atoms with Crippen molar-refractivity contribution in [3.8, 4) is 5.69 Å². The Morgan fingerprint density at radius 2 is 1.73 bits per heavy atom. The number of para-hydroxylation sites is 2. The number of anilines is 1. The van der Waals surface area contributed by atoms with Gasteiger partial charge in [-0.25, -0.2) is 0 Å². The van der Waals surface area contributed by atoms with Gasteiger partial charge in [-0.15, -0.1) is 0 Å². The lowest BCUT2D eigenvalue weighted by atomic mass is 9.82. The molecule has 30 heavy (non-hydrogen) atoms. The number of nitrogens with zero attached hydrogens (tertiary/aromatic N) is 3. The molecule has 2 aromatic carbocycles. The Balaban J connectivity index is 1.30. The number of hydrogen-bond donors (Lipinski definition) is 1. The lowest BCUT2D eigenvalue weighted by Crippen LogP contribution is -2.51. The molecule has 148 valence electrons. The molecule has 0 saturated carbocycles. The SMILES string of the molecule is O=C(c1nccc2ccccc12)N1CCC2(CC1)Nc1ccccc1-n1cccc12. The number of fused-ring (bicyclic) bond motifs is 5. The van der Waals surface area contributed by atoms with Crippen LogP contribution in [0.5, 0.6) is 0 Å². The zero-order valence-electron chi connectivity index (χ0n) is 16.6. The summed E-state index contributed by atoms with van der Waals surface area (Å²) in [6.07, 6.45) is 5.59. The van der Waals surface area contributed by atoms with Gasteiger partial charge in [-0.2, -0.15) is 0 Å². The zero-order chi connectivity index (χ0) is 20.1. The third kappa shape index (κ3) is 2.48. The summed E-state index contributed by atoms with van der Waals surface area (Å²) in [6.45, 7) is 1.40. The highest BCUT2D eigenvalue weighted by Gasteiger charge is 2.42. The van der Waals surface area contributed by atoms with Crippen molar-refractivity contribution in [1.29, 1.82) is 0 Å². The number of benzene rings is 2. The van der Waals surface area contributed by atoms with Crippen molar-refractivity contribution in [2.45, 2.75) is 18.4 Å². The van der Waals surface area contributed by atoms with Crippen LogP contribution in [0.25, 0.3) is 16.5 Å². The molecule has 0 aliphatic carbocycles. The van der Waals surface area contributed by atoms with Crippen LogP contribution >= 0.6 is 0 Å². The molecular formula is C25H22N4O. The molecule has 0 unspecified atom stereocenters. The van der Waals surface area contributed by atoms with Gasteiger partial charge >= 0.3 is 0 Å². The number of rotatable bonds is 1. The first-order valence-corrected chi connectivity index (χ1v) is 10.4. The number of piperidine rings is 1. The quantitative estimate of drug-likeness (QED) is 0.514. The highest BCUT2D eigenvalue weighted by atomic mass is 16.2. The van der Waals surface area contributed by atoms with Gasteiger partial charge < -0.3 is 14.8 Å². The normalized spacial score (nSPS) is 16.7.